The quantitative estimate of drug-likeness (QED) is 0.697. The fraction of sp³-hybridized carbons (Fsp3) is 0.917. The molecule has 0 aromatic rings. The SMILES string of the molecule is CC(C)CCN(CC(N)=O)C1CCNCC1. The molecule has 1 saturated heterocycles. The van der Waals surface area contributed by atoms with Crippen LogP contribution in [0.2, 0.25) is 0 Å². The Balaban J connectivity index is 2.44. The minimum Gasteiger partial charge on any atom is -0.369 e. The van der Waals surface area contributed by atoms with Gasteiger partial charge in [0.1, 0.15) is 0 Å². The van der Waals surface area contributed by atoms with Gasteiger partial charge < -0.3 is 11.1 Å². The molecule has 0 saturated carbocycles. The molecule has 0 aliphatic carbocycles. The summed E-state index contributed by atoms with van der Waals surface area (Å²) in [5.74, 6) is 0.472. The number of hydrogen-bond donors (Lipinski definition) is 2. The summed E-state index contributed by atoms with van der Waals surface area (Å²) < 4.78 is 0. The predicted molar refractivity (Wildman–Crippen MR) is 66.1 cm³/mol. The van der Waals surface area contributed by atoms with Crippen LogP contribution in [0.15, 0.2) is 0 Å². The minimum atomic E-state index is -0.206. The molecule has 0 unspecified atom stereocenters. The van der Waals surface area contributed by atoms with Crippen molar-refractivity contribution in [2.45, 2.75) is 39.2 Å². The summed E-state index contributed by atoms with van der Waals surface area (Å²) >= 11 is 0. The van der Waals surface area contributed by atoms with Crippen LogP contribution in [0, 0.1) is 5.92 Å². The van der Waals surface area contributed by atoms with Crippen molar-refractivity contribution in [2.75, 3.05) is 26.2 Å². The fourth-order valence-corrected chi connectivity index (χ4v) is 2.19. The van der Waals surface area contributed by atoms with Crippen LogP contribution in [0.3, 0.4) is 0 Å². The van der Waals surface area contributed by atoms with E-state index in [4.69, 9.17) is 5.73 Å². The second-order valence-corrected chi connectivity index (χ2v) is 5.10. The molecule has 4 nitrogen and oxygen atoms in total. The van der Waals surface area contributed by atoms with Crippen molar-refractivity contribution >= 4 is 5.91 Å². The lowest BCUT2D eigenvalue weighted by Crippen LogP contribution is -2.47. The van der Waals surface area contributed by atoms with Crippen LogP contribution >= 0.6 is 0 Å². The average Bonchev–Trinajstić information content (AvgIpc) is 2.25. The van der Waals surface area contributed by atoms with E-state index >= 15 is 0 Å². The Hall–Kier alpha value is -0.610. The molecule has 0 bridgehead atoms. The Morgan fingerprint density at radius 1 is 1.44 bits per heavy atom. The first-order valence-corrected chi connectivity index (χ1v) is 6.32. The van der Waals surface area contributed by atoms with Crippen molar-refractivity contribution in [3.8, 4) is 0 Å². The maximum atomic E-state index is 11.1. The van der Waals surface area contributed by atoms with Crippen LogP contribution in [0.1, 0.15) is 33.1 Å². The third-order valence-electron chi connectivity index (χ3n) is 3.18. The highest BCUT2D eigenvalue weighted by atomic mass is 16.1. The van der Waals surface area contributed by atoms with Crippen LogP contribution < -0.4 is 11.1 Å². The number of piperidine rings is 1. The molecule has 1 fully saturated rings. The fourth-order valence-electron chi connectivity index (χ4n) is 2.19. The Morgan fingerprint density at radius 2 is 2.06 bits per heavy atom. The topological polar surface area (TPSA) is 58.4 Å². The molecule has 1 rings (SSSR count). The van der Waals surface area contributed by atoms with Gasteiger partial charge in [-0.3, -0.25) is 9.69 Å². The van der Waals surface area contributed by atoms with E-state index in [2.05, 4.69) is 24.1 Å². The Labute approximate surface area is 98.6 Å². The van der Waals surface area contributed by atoms with Crippen LogP contribution in [-0.2, 0) is 4.79 Å². The van der Waals surface area contributed by atoms with Gasteiger partial charge in [-0.2, -0.15) is 0 Å². The molecule has 1 amide bonds. The summed E-state index contributed by atoms with van der Waals surface area (Å²) in [5.41, 5.74) is 5.31. The molecular formula is C12H25N3O. The third kappa shape index (κ3) is 4.94. The molecule has 0 aromatic heterocycles. The van der Waals surface area contributed by atoms with E-state index in [9.17, 15) is 4.79 Å². The summed E-state index contributed by atoms with van der Waals surface area (Å²) in [6, 6.07) is 0.535. The first-order valence-electron chi connectivity index (χ1n) is 6.32. The van der Waals surface area contributed by atoms with E-state index in [1.807, 2.05) is 0 Å². The van der Waals surface area contributed by atoms with Gasteiger partial charge in [-0.15, -0.1) is 0 Å². The summed E-state index contributed by atoms with van der Waals surface area (Å²) in [5, 5.41) is 3.34. The number of nitrogens with two attached hydrogens (primary N) is 1. The van der Waals surface area contributed by atoms with Crippen molar-refractivity contribution in [2.24, 2.45) is 11.7 Å². The minimum absolute atomic E-state index is 0.206. The van der Waals surface area contributed by atoms with Crippen LogP contribution in [0.25, 0.3) is 0 Å². The predicted octanol–water partition coefficient (Wildman–Crippen LogP) is 0.572. The standard InChI is InChI=1S/C12H25N3O/c1-10(2)5-8-15(9-12(13)16)11-3-6-14-7-4-11/h10-11,14H,3-9H2,1-2H3,(H2,13,16). The number of primary amides is 1. The van der Waals surface area contributed by atoms with Crippen molar-refractivity contribution in [1.29, 1.82) is 0 Å². The van der Waals surface area contributed by atoms with Gasteiger partial charge in [0, 0.05) is 6.04 Å². The van der Waals surface area contributed by atoms with E-state index in [0.29, 0.717) is 18.5 Å². The van der Waals surface area contributed by atoms with Crippen LogP contribution in [-0.4, -0.2) is 43.0 Å². The second-order valence-electron chi connectivity index (χ2n) is 5.10. The normalized spacial score (nSPS) is 18.2. The lowest BCUT2D eigenvalue weighted by Gasteiger charge is -2.34. The Morgan fingerprint density at radius 3 is 2.56 bits per heavy atom. The number of amides is 1. The van der Waals surface area contributed by atoms with E-state index in [-0.39, 0.29) is 5.91 Å². The lowest BCUT2D eigenvalue weighted by molar-refractivity contribution is -0.119. The highest BCUT2D eigenvalue weighted by Crippen LogP contribution is 2.13. The van der Waals surface area contributed by atoms with Gasteiger partial charge in [-0.05, 0) is 44.8 Å². The van der Waals surface area contributed by atoms with Gasteiger partial charge in [-0.25, -0.2) is 0 Å². The average molecular weight is 227 g/mol. The van der Waals surface area contributed by atoms with Gasteiger partial charge in [0.2, 0.25) is 5.91 Å². The highest BCUT2D eigenvalue weighted by Gasteiger charge is 2.21. The van der Waals surface area contributed by atoms with E-state index in [1.54, 1.807) is 0 Å². The summed E-state index contributed by atoms with van der Waals surface area (Å²) in [6.45, 7) is 7.95. The molecular weight excluding hydrogens is 202 g/mol. The first-order chi connectivity index (χ1) is 7.59. The molecule has 3 N–H and O–H groups in total. The molecule has 1 aliphatic heterocycles. The molecule has 94 valence electrons. The zero-order valence-electron chi connectivity index (χ0n) is 10.5. The van der Waals surface area contributed by atoms with Crippen molar-refractivity contribution in [3.05, 3.63) is 0 Å². The molecule has 1 heterocycles. The molecule has 0 radical (unpaired) electrons. The molecule has 0 spiro atoms. The van der Waals surface area contributed by atoms with Gasteiger partial charge >= 0.3 is 0 Å². The smallest absolute Gasteiger partial charge is 0.231 e. The van der Waals surface area contributed by atoms with Crippen molar-refractivity contribution in [3.63, 3.8) is 0 Å². The Bertz CT molecular complexity index is 212. The molecule has 16 heavy (non-hydrogen) atoms. The lowest BCUT2D eigenvalue weighted by atomic mass is 10.0. The number of nitrogens with one attached hydrogen (secondary N) is 1. The number of rotatable bonds is 6. The molecule has 1 aliphatic rings. The monoisotopic (exact) mass is 227 g/mol. The zero-order valence-corrected chi connectivity index (χ0v) is 10.5. The maximum absolute atomic E-state index is 11.1. The van der Waals surface area contributed by atoms with E-state index < -0.39 is 0 Å². The second kappa shape index (κ2) is 6.86. The molecule has 0 atom stereocenters. The van der Waals surface area contributed by atoms with Gasteiger partial charge in [0.25, 0.3) is 0 Å². The maximum Gasteiger partial charge on any atom is 0.231 e. The van der Waals surface area contributed by atoms with Crippen LogP contribution in [0.4, 0.5) is 0 Å². The molecule has 4 heteroatoms. The highest BCUT2D eigenvalue weighted by molar-refractivity contribution is 5.75. The number of nitrogens with zero attached hydrogens (tertiary/aromatic N) is 1. The van der Waals surface area contributed by atoms with Crippen molar-refractivity contribution in [1.82, 2.24) is 10.2 Å². The number of hydrogen-bond acceptors (Lipinski definition) is 3. The first kappa shape index (κ1) is 13.5. The van der Waals surface area contributed by atoms with Gasteiger partial charge in [0.15, 0.2) is 0 Å². The van der Waals surface area contributed by atoms with E-state index in [0.717, 1.165) is 38.9 Å². The third-order valence-corrected chi connectivity index (χ3v) is 3.18. The summed E-state index contributed by atoms with van der Waals surface area (Å²) in [4.78, 5) is 13.3. The number of carbonyl (C=O) groups excluding carboxylic acids is 1. The van der Waals surface area contributed by atoms with Gasteiger partial charge in [0.05, 0.1) is 6.54 Å². The van der Waals surface area contributed by atoms with E-state index in [1.165, 1.54) is 0 Å². The largest absolute Gasteiger partial charge is 0.369 e. The van der Waals surface area contributed by atoms with Crippen LogP contribution in [0.5, 0.6) is 0 Å². The zero-order chi connectivity index (χ0) is 12.0. The summed E-state index contributed by atoms with van der Waals surface area (Å²) in [7, 11) is 0. The number of carbonyl (C=O) groups is 1. The summed E-state index contributed by atoms with van der Waals surface area (Å²) in [6.07, 6.45) is 3.40. The van der Waals surface area contributed by atoms with Gasteiger partial charge in [-0.1, -0.05) is 13.8 Å². The van der Waals surface area contributed by atoms with Crippen molar-refractivity contribution < 1.29 is 4.79 Å². The molecule has 0 aromatic carbocycles. The Kier molecular flexibility index (Phi) is 5.77.